The van der Waals surface area contributed by atoms with Crippen molar-refractivity contribution in [2.75, 3.05) is 18.4 Å². The van der Waals surface area contributed by atoms with Crippen molar-refractivity contribution in [3.63, 3.8) is 0 Å². The highest BCUT2D eigenvalue weighted by Gasteiger charge is 2.02. The van der Waals surface area contributed by atoms with Crippen LogP contribution in [0.2, 0.25) is 10.0 Å². The molecule has 2 amide bonds. The van der Waals surface area contributed by atoms with Crippen LogP contribution in [0.5, 0.6) is 0 Å². The Labute approximate surface area is 143 Å². The van der Waals surface area contributed by atoms with Crippen LogP contribution in [0.3, 0.4) is 0 Å². The Balaban J connectivity index is 1.56. The van der Waals surface area contributed by atoms with Crippen molar-refractivity contribution in [2.24, 2.45) is 0 Å². The second-order valence-electron chi connectivity index (χ2n) is 4.81. The number of quaternary nitrogens is 1. The van der Waals surface area contributed by atoms with E-state index in [0.717, 1.165) is 30.8 Å². The summed E-state index contributed by atoms with van der Waals surface area (Å²) in [6.45, 7) is 2.38. The highest BCUT2D eigenvalue weighted by Crippen LogP contribution is 2.18. The fraction of sp³-hybridized carbons (Fsp3) is 0.267. The summed E-state index contributed by atoms with van der Waals surface area (Å²) in [6, 6.07) is 7.25. The van der Waals surface area contributed by atoms with Crippen molar-refractivity contribution in [1.29, 1.82) is 0 Å². The van der Waals surface area contributed by atoms with Gasteiger partial charge in [-0.25, -0.2) is 4.79 Å². The number of rotatable bonds is 7. The Kier molecular flexibility index (Phi) is 6.99. The number of amides is 2. The van der Waals surface area contributed by atoms with Gasteiger partial charge in [-0.1, -0.05) is 23.2 Å². The zero-order valence-electron chi connectivity index (χ0n) is 11.9. The number of hydrogen-bond acceptors (Lipinski definition) is 2. The minimum absolute atomic E-state index is 0.167. The van der Waals surface area contributed by atoms with Crippen LogP contribution < -0.4 is 16.0 Å². The highest BCUT2D eigenvalue weighted by atomic mass is 35.5. The molecule has 1 heterocycles. The molecule has 0 saturated heterocycles. The Hall–Kier alpha value is -1.27. The van der Waals surface area contributed by atoms with E-state index in [4.69, 9.17) is 23.2 Å². The number of thiophene rings is 1. The van der Waals surface area contributed by atoms with Crippen LogP contribution in [0.1, 0.15) is 12.0 Å². The molecule has 22 heavy (non-hydrogen) atoms. The van der Waals surface area contributed by atoms with Crippen LogP contribution in [-0.2, 0) is 6.54 Å². The molecule has 0 saturated carbocycles. The van der Waals surface area contributed by atoms with Crippen molar-refractivity contribution in [3.8, 4) is 0 Å². The quantitative estimate of drug-likeness (QED) is 0.653. The van der Waals surface area contributed by atoms with E-state index >= 15 is 0 Å². The number of benzene rings is 1. The maximum absolute atomic E-state index is 11.6. The molecule has 1 aromatic carbocycles. The lowest BCUT2D eigenvalue weighted by molar-refractivity contribution is -0.670. The monoisotopic (exact) mass is 358 g/mol. The van der Waals surface area contributed by atoms with E-state index in [0.29, 0.717) is 16.6 Å². The van der Waals surface area contributed by atoms with Crippen LogP contribution in [-0.4, -0.2) is 19.1 Å². The smallest absolute Gasteiger partial charge is 0.319 e. The van der Waals surface area contributed by atoms with Crippen LogP contribution in [0.4, 0.5) is 10.5 Å². The molecule has 0 radical (unpaired) electrons. The first-order chi connectivity index (χ1) is 10.6. The summed E-state index contributed by atoms with van der Waals surface area (Å²) in [5.41, 5.74) is 1.92. The molecular formula is C15H18Cl2N3OS+. The van der Waals surface area contributed by atoms with Gasteiger partial charge in [0.1, 0.15) is 6.54 Å². The first-order valence-electron chi connectivity index (χ1n) is 6.97. The van der Waals surface area contributed by atoms with Gasteiger partial charge in [0.2, 0.25) is 0 Å². The Morgan fingerprint density at radius 3 is 2.68 bits per heavy atom. The van der Waals surface area contributed by atoms with Gasteiger partial charge in [0.25, 0.3) is 0 Å². The van der Waals surface area contributed by atoms with Gasteiger partial charge in [-0.3, -0.25) is 0 Å². The van der Waals surface area contributed by atoms with Crippen molar-refractivity contribution in [1.82, 2.24) is 5.32 Å². The lowest BCUT2D eigenvalue weighted by Gasteiger charge is -2.06. The standard InChI is InChI=1S/C15H17Cl2N3OS/c16-12-6-11(7-13(17)8-12)9-18-3-1-4-19-15(21)20-14-2-5-22-10-14/h2,5-8,10,18H,1,3-4,9H2,(H2,19,20,21)/p+1. The van der Waals surface area contributed by atoms with Crippen molar-refractivity contribution >= 4 is 46.3 Å². The number of nitrogens with two attached hydrogens (primary N) is 1. The zero-order valence-corrected chi connectivity index (χ0v) is 14.3. The Morgan fingerprint density at radius 1 is 1.23 bits per heavy atom. The normalized spacial score (nSPS) is 10.5. The molecule has 4 N–H and O–H groups in total. The molecule has 2 aromatic rings. The number of halogens is 2. The van der Waals surface area contributed by atoms with Gasteiger partial charge in [0, 0.05) is 34.0 Å². The van der Waals surface area contributed by atoms with Gasteiger partial charge >= 0.3 is 6.03 Å². The molecule has 0 aliphatic rings. The molecule has 118 valence electrons. The third-order valence-electron chi connectivity index (χ3n) is 2.95. The predicted molar refractivity (Wildman–Crippen MR) is 92.9 cm³/mol. The van der Waals surface area contributed by atoms with E-state index in [1.807, 2.05) is 29.0 Å². The third kappa shape index (κ3) is 6.23. The molecule has 0 unspecified atom stereocenters. The van der Waals surface area contributed by atoms with E-state index in [1.54, 1.807) is 17.4 Å². The van der Waals surface area contributed by atoms with E-state index < -0.39 is 0 Å². The molecule has 4 nitrogen and oxygen atoms in total. The molecule has 0 aliphatic carbocycles. The van der Waals surface area contributed by atoms with Gasteiger partial charge in [-0.05, 0) is 29.6 Å². The topological polar surface area (TPSA) is 57.7 Å². The van der Waals surface area contributed by atoms with Crippen LogP contribution in [0, 0.1) is 0 Å². The minimum Gasteiger partial charge on any atom is -0.342 e. The van der Waals surface area contributed by atoms with E-state index in [2.05, 4.69) is 16.0 Å². The second-order valence-corrected chi connectivity index (χ2v) is 6.46. The van der Waals surface area contributed by atoms with E-state index in [9.17, 15) is 4.79 Å². The first kappa shape index (κ1) is 17.1. The number of urea groups is 1. The average Bonchev–Trinajstić information content (AvgIpc) is 2.94. The van der Waals surface area contributed by atoms with Gasteiger partial charge < -0.3 is 16.0 Å². The van der Waals surface area contributed by atoms with Crippen LogP contribution in [0.25, 0.3) is 0 Å². The average molecular weight is 359 g/mol. The van der Waals surface area contributed by atoms with Crippen molar-refractivity contribution in [3.05, 3.63) is 50.6 Å². The molecule has 2 rings (SSSR count). The number of carbonyl (C=O) groups excluding carboxylic acids is 1. The summed E-state index contributed by atoms with van der Waals surface area (Å²) >= 11 is 13.5. The maximum Gasteiger partial charge on any atom is 0.319 e. The fourth-order valence-corrected chi connectivity index (χ4v) is 3.12. The predicted octanol–water partition coefficient (Wildman–Crippen LogP) is 3.33. The summed E-state index contributed by atoms with van der Waals surface area (Å²) in [5, 5.41) is 12.9. The summed E-state index contributed by atoms with van der Waals surface area (Å²) in [7, 11) is 0. The lowest BCUT2D eigenvalue weighted by atomic mass is 10.2. The summed E-state index contributed by atoms with van der Waals surface area (Å²) in [4.78, 5) is 11.6. The highest BCUT2D eigenvalue weighted by molar-refractivity contribution is 7.08. The fourth-order valence-electron chi connectivity index (χ4n) is 1.96. The summed E-state index contributed by atoms with van der Waals surface area (Å²) < 4.78 is 0. The Morgan fingerprint density at radius 2 is 2.00 bits per heavy atom. The van der Waals surface area contributed by atoms with Gasteiger partial charge in [-0.2, -0.15) is 11.3 Å². The zero-order chi connectivity index (χ0) is 15.8. The molecule has 7 heteroatoms. The van der Waals surface area contributed by atoms with Gasteiger partial charge in [0.05, 0.1) is 12.2 Å². The summed E-state index contributed by atoms with van der Waals surface area (Å²) in [6.07, 6.45) is 0.894. The third-order valence-corrected chi connectivity index (χ3v) is 4.07. The van der Waals surface area contributed by atoms with E-state index in [-0.39, 0.29) is 6.03 Å². The maximum atomic E-state index is 11.6. The minimum atomic E-state index is -0.167. The number of hydrogen-bond donors (Lipinski definition) is 3. The van der Waals surface area contributed by atoms with Gasteiger partial charge in [0.15, 0.2) is 0 Å². The number of nitrogens with one attached hydrogen (secondary N) is 2. The number of anilines is 1. The van der Waals surface area contributed by atoms with E-state index in [1.165, 1.54) is 0 Å². The first-order valence-corrected chi connectivity index (χ1v) is 8.67. The molecule has 0 fully saturated rings. The van der Waals surface area contributed by atoms with Crippen LogP contribution in [0.15, 0.2) is 35.0 Å². The lowest BCUT2D eigenvalue weighted by Crippen LogP contribution is -2.82. The molecule has 1 aromatic heterocycles. The number of carbonyl (C=O) groups is 1. The van der Waals surface area contributed by atoms with Crippen LogP contribution >= 0.6 is 34.5 Å². The van der Waals surface area contributed by atoms with Crippen molar-refractivity contribution < 1.29 is 10.1 Å². The summed E-state index contributed by atoms with van der Waals surface area (Å²) in [5.74, 6) is 0. The SMILES string of the molecule is O=C(NCCC[NH2+]Cc1cc(Cl)cc(Cl)c1)Nc1ccsc1. The molecule has 0 aliphatic heterocycles. The van der Waals surface area contributed by atoms with Gasteiger partial charge in [-0.15, -0.1) is 0 Å². The van der Waals surface area contributed by atoms with Crippen molar-refractivity contribution in [2.45, 2.75) is 13.0 Å². The Bertz CT molecular complexity index is 585. The largest absolute Gasteiger partial charge is 0.342 e. The molecule has 0 atom stereocenters. The molecular weight excluding hydrogens is 341 g/mol. The second kappa shape index (κ2) is 9.00. The molecule has 0 bridgehead atoms. The molecule has 0 spiro atoms.